The highest BCUT2D eigenvalue weighted by atomic mass is 19.1. The smallest absolute Gasteiger partial charge is 0.123 e. The lowest BCUT2D eigenvalue weighted by atomic mass is 10.0. The molecule has 0 atom stereocenters. The fourth-order valence-corrected chi connectivity index (χ4v) is 1.81. The van der Waals surface area contributed by atoms with Crippen LogP contribution >= 0.6 is 0 Å². The highest BCUT2D eigenvalue weighted by Crippen LogP contribution is 2.12. The fraction of sp³-hybridized carbons (Fsp3) is 0.571. The topological polar surface area (TPSA) is 12.0 Å². The van der Waals surface area contributed by atoms with Crippen molar-refractivity contribution in [1.29, 1.82) is 0 Å². The van der Waals surface area contributed by atoms with Gasteiger partial charge >= 0.3 is 0 Å². The van der Waals surface area contributed by atoms with Crippen LogP contribution in [0.1, 0.15) is 37.3 Å². The molecule has 1 aromatic rings. The summed E-state index contributed by atoms with van der Waals surface area (Å²) in [5.74, 6) is -0.133. The number of hydrogen-bond donors (Lipinski definition) is 1. The molecule has 0 spiro atoms. The second kappa shape index (κ2) is 7.39. The molecule has 0 bridgehead atoms. The standard InChI is InChI=1S/C14H22FN/c1-3-9-16-10-5-4-6-13-7-8-14(15)11-12(13)2/h7-8,11,16H,3-6,9-10H2,1-2H3. The van der Waals surface area contributed by atoms with E-state index in [2.05, 4.69) is 12.2 Å². The van der Waals surface area contributed by atoms with Crippen molar-refractivity contribution in [3.63, 3.8) is 0 Å². The number of nitrogens with one attached hydrogen (secondary N) is 1. The van der Waals surface area contributed by atoms with E-state index in [9.17, 15) is 4.39 Å². The van der Waals surface area contributed by atoms with E-state index in [0.29, 0.717) is 0 Å². The molecule has 90 valence electrons. The van der Waals surface area contributed by atoms with E-state index in [-0.39, 0.29) is 5.82 Å². The lowest BCUT2D eigenvalue weighted by Crippen LogP contribution is -2.15. The molecule has 0 amide bonds. The maximum atomic E-state index is 12.9. The first-order valence-electron chi connectivity index (χ1n) is 6.19. The first kappa shape index (κ1) is 13.2. The van der Waals surface area contributed by atoms with Crippen LogP contribution in [-0.2, 0) is 6.42 Å². The third-order valence-corrected chi connectivity index (χ3v) is 2.78. The van der Waals surface area contributed by atoms with Crippen molar-refractivity contribution in [2.24, 2.45) is 0 Å². The van der Waals surface area contributed by atoms with Crippen molar-refractivity contribution in [1.82, 2.24) is 5.32 Å². The van der Waals surface area contributed by atoms with Gasteiger partial charge < -0.3 is 5.32 Å². The van der Waals surface area contributed by atoms with Gasteiger partial charge in [-0.1, -0.05) is 13.0 Å². The van der Waals surface area contributed by atoms with Gasteiger partial charge in [0.2, 0.25) is 0 Å². The predicted octanol–water partition coefficient (Wildman–Crippen LogP) is 3.46. The summed E-state index contributed by atoms with van der Waals surface area (Å²) in [4.78, 5) is 0. The Labute approximate surface area is 98.1 Å². The fourth-order valence-electron chi connectivity index (χ4n) is 1.81. The van der Waals surface area contributed by atoms with Crippen molar-refractivity contribution < 1.29 is 4.39 Å². The summed E-state index contributed by atoms with van der Waals surface area (Å²) in [6.07, 6.45) is 4.61. The summed E-state index contributed by atoms with van der Waals surface area (Å²) < 4.78 is 12.9. The third kappa shape index (κ3) is 4.75. The quantitative estimate of drug-likeness (QED) is 0.698. The van der Waals surface area contributed by atoms with Gasteiger partial charge in [0.05, 0.1) is 0 Å². The predicted molar refractivity (Wildman–Crippen MR) is 67.2 cm³/mol. The molecular weight excluding hydrogens is 201 g/mol. The van der Waals surface area contributed by atoms with Gasteiger partial charge in [-0.05, 0) is 69.0 Å². The summed E-state index contributed by atoms with van der Waals surface area (Å²) in [7, 11) is 0. The number of benzene rings is 1. The van der Waals surface area contributed by atoms with Crippen LogP contribution in [0.3, 0.4) is 0 Å². The Kier molecular flexibility index (Phi) is 6.09. The van der Waals surface area contributed by atoms with E-state index in [0.717, 1.165) is 25.1 Å². The Balaban J connectivity index is 2.21. The highest BCUT2D eigenvalue weighted by molar-refractivity contribution is 5.26. The minimum Gasteiger partial charge on any atom is -0.317 e. The molecule has 1 N–H and O–H groups in total. The molecule has 2 heteroatoms. The van der Waals surface area contributed by atoms with Crippen molar-refractivity contribution in [3.8, 4) is 0 Å². The maximum Gasteiger partial charge on any atom is 0.123 e. The maximum absolute atomic E-state index is 12.9. The molecule has 0 saturated heterocycles. The minimum atomic E-state index is -0.133. The molecule has 0 unspecified atom stereocenters. The Morgan fingerprint density at radius 1 is 1.19 bits per heavy atom. The van der Waals surface area contributed by atoms with E-state index in [1.165, 1.54) is 24.8 Å². The van der Waals surface area contributed by atoms with E-state index in [4.69, 9.17) is 0 Å². The molecule has 0 aromatic heterocycles. The Morgan fingerprint density at radius 3 is 2.69 bits per heavy atom. The number of hydrogen-bond acceptors (Lipinski definition) is 1. The molecule has 1 rings (SSSR count). The van der Waals surface area contributed by atoms with Crippen LogP contribution in [0.4, 0.5) is 4.39 Å². The second-order valence-electron chi connectivity index (χ2n) is 4.28. The molecule has 16 heavy (non-hydrogen) atoms. The van der Waals surface area contributed by atoms with E-state index in [1.54, 1.807) is 12.1 Å². The number of rotatable bonds is 7. The normalized spacial score (nSPS) is 10.7. The number of unbranched alkanes of at least 4 members (excludes halogenated alkanes) is 1. The Hall–Kier alpha value is -0.890. The second-order valence-corrected chi connectivity index (χ2v) is 4.28. The van der Waals surface area contributed by atoms with Gasteiger partial charge in [-0.3, -0.25) is 0 Å². The van der Waals surface area contributed by atoms with Gasteiger partial charge in [-0.15, -0.1) is 0 Å². The molecule has 0 heterocycles. The lowest BCUT2D eigenvalue weighted by molar-refractivity contribution is 0.612. The molecule has 0 aliphatic carbocycles. The summed E-state index contributed by atoms with van der Waals surface area (Å²) in [6, 6.07) is 5.08. The SMILES string of the molecule is CCCNCCCCc1ccc(F)cc1C. The van der Waals surface area contributed by atoms with E-state index in [1.807, 2.05) is 13.0 Å². The van der Waals surface area contributed by atoms with Crippen LogP contribution in [0.2, 0.25) is 0 Å². The van der Waals surface area contributed by atoms with Gasteiger partial charge in [0.15, 0.2) is 0 Å². The highest BCUT2D eigenvalue weighted by Gasteiger charge is 1.99. The van der Waals surface area contributed by atoms with Gasteiger partial charge in [0.1, 0.15) is 5.82 Å². The first-order valence-corrected chi connectivity index (χ1v) is 6.19. The lowest BCUT2D eigenvalue weighted by Gasteiger charge is -2.06. The average Bonchev–Trinajstić information content (AvgIpc) is 2.26. The van der Waals surface area contributed by atoms with Crippen LogP contribution in [0, 0.1) is 12.7 Å². The molecule has 0 aliphatic rings. The zero-order chi connectivity index (χ0) is 11.8. The van der Waals surface area contributed by atoms with Crippen molar-refractivity contribution in [2.45, 2.75) is 39.5 Å². The summed E-state index contributed by atoms with van der Waals surface area (Å²) >= 11 is 0. The van der Waals surface area contributed by atoms with Gasteiger partial charge in [0, 0.05) is 0 Å². The molecule has 0 radical (unpaired) electrons. The molecule has 0 aliphatic heterocycles. The van der Waals surface area contributed by atoms with Gasteiger partial charge in [0.25, 0.3) is 0 Å². The molecule has 0 saturated carbocycles. The first-order chi connectivity index (χ1) is 7.74. The zero-order valence-electron chi connectivity index (χ0n) is 10.4. The number of aryl methyl sites for hydroxylation is 2. The summed E-state index contributed by atoms with van der Waals surface area (Å²) in [5, 5.41) is 3.39. The largest absolute Gasteiger partial charge is 0.317 e. The molecule has 1 aromatic carbocycles. The van der Waals surface area contributed by atoms with Crippen LogP contribution in [0.5, 0.6) is 0 Å². The molecular formula is C14H22FN. The van der Waals surface area contributed by atoms with E-state index >= 15 is 0 Å². The Bertz CT molecular complexity index is 310. The summed E-state index contributed by atoms with van der Waals surface area (Å²) in [5.41, 5.74) is 2.35. The monoisotopic (exact) mass is 223 g/mol. The van der Waals surface area contributed by atoms with E-state index < -0.39 is 0 Å². The van der Waals surface area contributed by atoms with Crippen molar-refractivity contribution >= 4 is 0 Å². The van der Waals surface area contributed by atoms with Gasteiger partial charge in [-0.2, -0.15) is 0 Å². The van der Waals surface area contributed by atoms with Crippen LogP contribution in [0.15, 0.2) is 18.2 Å². The third-order valence-electron chi connectivity index (χ3n) is 2.78. The molecule has 1 nitrogen and oxygen atoms in total. The van der Waals surface area contributed by atoms with Crippen molar-refractivity contribution in [3.05, 3.63) is 35.1 Å². The summed E-state index contributed by atoms with van der Waals surface area (Å²) in [6.45, 7) is 6.35. The van der Waals surface area contributed by atoms with Crippen LogP contribution in [-0.4, -0.2) is 13.1 Å². The zero-order valence-corrected chi connectivity index (χ0v) is 10.4. The van der Waals surface area contributed by atoms with Crippen molar-refractivity contribution in [2.75, 3.05) is 13.1 Å². The Morgan fingerprint density at radius 2 is 2.00 bits per heavy atom. The minimum absolute atomic E-state index is 0.133. The van der Waals surface area contributed by atoms with Crippen LogP contribution in [0.25, 0.3) is 0 Å². The number of halogens is 1. The van der Waals surface area contributed by atoms with Gasteiger partial charge in [-0.25, -0.2) is 4.39 Å². The average molecular weight is 223 g/mol. The molecule has 0 fully saturated rings. The van der Waals surface area contributed by atoms with Crippen LogP contribution < -0.4 is 5.32 Å².